The Balaban J connectivity index is 1.93. The molecule has 7 heteroatoms. The van der Waals surface area contributed by atoms with Crippen LogP contribution in [0.2, 0.25) is 0 Å². The van der Waals surface area contributed by atoms with Crippen molar-refractivity contribution in [2.24, 2.45) is 0 Å². The highest BCUT2D eigenvalue weighted by Crippen LogP contribution is 2.32. The molecule has 0 aliphatic carbocycles. The van der Waals surface area contributed by atoms with Crippen LogP contribution in [0, 0.1) is 13.8 Å². The van der Waals surface area contributed by atoms with Crippen LogP contribution >= 0.6 is 11.3 Å². The van der Waals surface area contributed by atoms with E-state index < -0.39 is 0 Å². The number of methoxy groups -OCH3 is 1. The molecular formula is C14H20N4O2S. The van der Waals surface area contributed by atoms with Crippen LogP contribution in [0.15, 0.2) is 6.33 Å². The van der Waals surface area contributed by atoms with E-state index in [9.17, 15) is 4.79 Å². The zero-order valence-corrected chi connectivity index (χ0v) is 13.3. The molecule has 0 aromatic carbocycles. The summed E-state index contributed by atoms with van der Waals surface area (Å²) in [7, 11) is 1.61. The van der Waals surface area contributed by atoms with Gasteiger partial charge in [0, 0.05) is 31.5 Å². The maximum absolute atomic E-state index is 11.6. The monoisotopic (exact) mass is 308 g/mol. The summed E-state index contributed by atoms with van der Waals surface area (Å²) in [6, 6.07) is 0. The average molecular weight is 308 g/mol. The lowest BCUT2D eigenvalue weighted by atomic mass is 10.2. The second-order valence-electron chi connectivity index (χ2n) is 4.71. The molecule has 0 radical (unpaired) electrons. The fourth-order valence-corrected chi connectivity index (χ4v) is 2.99. The van der Waals surface area contributed by atoms with Crippen molar-refractivity contribution in [3.8, 4) is 0 Å². The topological polar surface area (TPSA) is 76.1 Å². The summed E-state index contributed by atoms with van der Waals surface area (Å²) in [5.41, 5.74) is 1.20. The van der Waals surface area contributed by atoms with E-state index in [-0.39, 0.29) is 5.91 Å². The minimum absolute atomic E-state index is 0.00284. The van der Waals surface area contributed by atoms with Crippen LogP contribution in [0.1, 0.15) is 16.9 Å². The van der Waals surface area contributed by atoms with Crippen molar-refractivity contribution in [2.45, 2.75) is 20.3 Å². The highest BCUT2D eigenvalue weighted by molar-refractivity contribution is 7.18. The first kappa shape index (κ1) is 15.7. The molecule has 2 heterocycles. The lowest BCUT2D eigenvalue weighted by molar-refractivity contribution is -0.121. The Bertz CT molecular complexity index is 627. The number of amides is 1. The number of nitrogens with one attached hydrogen (secondary N) is 2. The Morgan fingerprint density at radius 1 is 1.33 bits per heavy atom. The number of aromatic nitrogens is 2. The number of ether oxygens (including phenoxy) is 1. The number of anilines is 1. The standard InChI is InChI=1S/C14H20N4O2S/c1-9-10(2)21-14-12(9)13(17-8-18-14)16-5-4-11(19)15-6-7-20-3/h8H,4-7H2,1-3H3,(H,15,19)(H,16,17,18). The molecule has 2 aromatic rings. The van der Waals surface area contributed by atoms with Gasteiger partial charge in [-0.05, 0) is 19.4 Å². The van der Waals surface area contributed by atoms with Gasteiger partial charge >= 0.3 is 0 Å². The summed E-state index contributed by atoms with van der Waals surface area (Å²) < 4.78 is 4.88. The Morgan fingerprint density at radius 3 is 2.90 bits per heavy atom. The molecule has 0 aliphatic heterocycles. The van der Waals surface area contributed by atoms with Gasteiger partial charge in [0.15, 0.2) is 0 Å². The molecule has 114 valence electrons. The molecule has 6 nitrogen and oxygen atoms in total. The molecule has 2 aromatic heterocycles. The summed E-state index contributed by atoms with van der Waals surface area (Å²) in [6.07, 6.45) is 1.95. The number of carbonyl (C=O) groups excluding carboxylic acids is 1. The van der Waals surface area contributed by atoms with Gasteiger partial charge in [0.05, 0.1) is 12.0 Å². The third-order valence-corrected chi connectivity index (χ3v) is 4.35. The van der Waals surface area contributed by atoms with Gasteiger partial charge in [0.1, 0.15) is 17.0 Å². The first-order valence-electron chi connectivity index (χ1n) is 6.83. The van der Waals surface area contributed by atoms with Gasteiger partial charge < -0.3 is 15.4 Å². The van der Waals surface area contributed by atoms with Crippen LogP contribution in [-0.2, 0) is 9.53 Å². The van der Waals surface area contributed by atoms with E-state index in [0.717, 1.165) is 16.0 Å². The number of thiophene rings is 1. The number of fused-ring (bicyclic) bond motifs is 1. The van der Waals surface area contributed by atoms with Crippen molar-refractivity contribution in [1.82, 2.24) is 15.3 Å². The SMILES string of the molecule is COCCNC(=O)CCNc1ncnc2sc(C)c(C)c12. The maximum atomic E-state index is 11.6. The van der Waals surface area contributed by atoms with Crippen LogP contribution in [0.3, 0.4) is 0 Å². The van der Waals surface area contributed by atoms with E-state index in [1.165, 1.54) is 10.4 Å². The highest BCUT2D eigenvalue weighted by Gasteiger charge is 2.11. The Kier molecular flexibility index (Phi) is 5.46. The lowest BCUT2D eigenvalue weighted by Gasteiger charge is -2.08. The summed E-state index contributed by atoms with van der Waals surface area (Å²) in [6.45, 7) is 5.75. The first-order chi connectivity index (χ1) is 10.1. The average Bonchev–Trinajstić information content (AvgIpc) is 2.75. The fraction of sp³-hybridized carbons (Fsp3) is 0.500. The van der Waals surface area contributed by atoms with Gasteiger partial charge in [-0.15, -0.1) is 11.3 Å². The second kappa shape index (κ2) is 7.33. The van der Waals surface area contributed by atoms with Crippen molar-refractivity contribution < 1.29 is 9.53 Å². The van der Waals surface area contributed by atoms with Crippen LogP contribution < -0.4 is 10.6 Å². The maximum Gasteiger partial charge on any atom is 0.221 e. The lowest BCUT2D eigenvalue weighted by Crippen LogP contribution is -2.28. The van der Waals surface area contributed by atoms with Crippen LogP contribution in [0.5, 0.6) is 0 Å². The molecule has 0 bridgehead atoms. The van der Waals surface area contributed by atoms with Gasteiger partial charge in [-0.2, -0.15) is 0 Å². The minimum atomic E-state index is 0.00284. The van der Waals surface area contributed by atoms with E-state index in [2.05, 4.69) is 34.4 Å². The van der Waals surface area contributed by atoms with Gasteiger partial charge in [-0.3, -0.25) is 4.79 Å². The summed E-state index contributed by atoms with van der Waals surface area (Å²) in [4.78, 5) is 22.4. The molecule has 2 rings (SSSR count). The number of aryl methyl sites for hydroxylation is 2. The Morgan fingerprint density at radius 2 is 2.14 bits per heavy atom. The quantitative estimate of drug-likeness (QED) is 0.764. The molecule has 0 aliphatic rings. The van der Waals surface area contributed by atoms with Crippen molar-refractivity contribution in [1.29, 1.82) is 0 Å². The zero-order chi connectivity index (χ0) is 15.2. The molecule has 0 unspecified atom stereocenters. The first-order valence-corrected chi connectivity index (χ1v) is 7.65. The van der Waals surface area contributed by atoms with E-state index in [1.807, 2.05) is 0 Å². The van der Waals surface area contributed by atoms with Crippen molar-refractivity contribution in [3.63, 3.8) is 0 Å². The minimum Gasteiger partial charge on any atom is -0.383 e. The molecule has 0 fully saturated rings. The van der Waals surface area contributed by atoms with E-state index in [1.54, 1.807) is 24.8 Å². The Hall–Kier alpha value is -1.73. The van der Waals surface area contributed by atoms with Crippen LogP contribution in [0.25, 0.3) is 10.2 Å². The fourth-order valence-electron chi connectivity index (χ4n) is 1.99. The molecule has 0 atom stereocenters. The summed E-state index contributed by atoms with van der Waals surface area (Å²) >= 11 is 1.66. The van der Waals surface area contributed by atoms with Gasteiger partial charge in [-0.25, -0.2) is 9.97 Å². The normalized spacial score (nSPS) is 10.8. The highest BCUT2D eigenvalue weighted by atomic mass is 32.1. The predicted octanol–water partition coefficient (Wildman–Crippen LogP) is 1.87. The largest absolute Gasteiger partial charge is 0.383 e. The Labute approximate surface area is 127 Å². The molecule has 1 amide bonds. The van der Waals surface area contributed by atoms with E-state index >= 15 is 0 Å². The van der Waals surface area contributed by atoms with Crippen LogP contribution in [-0.4, -0.2) is 42.7 Å². The molecule has 0 saturated carbocycles. The van der Waals surface area contributed by atoms with Crippen molar-refractivity contribution in [2.75, 3.05) is 32.1 Å². The van der Waals surface area contributed by atoms with E-state index in [4.69, 9.17) is 4.74 Å². The molecule has 0 spiro atoms. The number of rotatable bonds is 7. The van der Waals surface area contributed by atoms with Crippen LogP contribution in [0.4, 0.5) is 5.82 Å². The zero-order valence-electron chi connectivity index (χ0n) is 12.5. The number of hydrogen-bond acceptors (Lipinski definition) is 6. The number of carbonyl (C=O) groups is 1. The number of hydrogen-bond donors (Lipinski definition) is 2. The predicted molar refractivity (Wildman–Crippen MR) is 84.9 cm³/mol. The molecular weight excluding hydrogens is 288 g/mol. The molecule has 0 saturated heterocycles. The molecule has 2 N–H and O–H groups in total. The van der Waals surface area contributed by atoms with Crippen molar-refractivity contribution >= 4 is 33.3 Å². The van der Waals surface area contributed by atoms with E-state index in [0.29, 0.717) is 26.1 Å². The van der Waals surface area contributed by atoms with Gasteiger partial charge in [0.2, 0.25) is 5.91 Å². The molecule has 21 heavy (non-hydrogen) atoms. The summed E-state index contributed by atoms with van der Waals surface area (Å²) in [5.74, 6) is 0.801. The third-order valence-electron chi connectivity index (χ3n) is 3.24. The van der Waals surface area contributed by atoms with Crippen molar-refractivity contribution in [3.05, 3.63) is 16.8 Å². The van der Waals surface area contributed by atoms with Gasteiger partial charge in [0.25, 0.3) is 0 Å². The smallest absolute Gasteiger partial charge is 0.221 e. The summed E-state index contributed by atoms with van der Waals surface area (Å²) in [5, 5.41) is 7.07. The third kappa shape index (κ3) is 3.89. The second-order valence-corrected chi connectivity index (χ2v) is 5.91. The van der Waals surface area contributed by atoms with Gasteiger partial charge in [-0.1, -0.05) is 0 Å². The number of nitrogens with zero attached hydrogens (tertiary/aromatic N) is 2.